The average molecular weight is 385 g/mol. The number of carbonyl (C=O) groups excluding carboxylic acids is 1. The van der Waals surface area contributed by atoms with Crippen LogP contribution in [0.15, 0.2) is 0 Å². The van der Waals surface area contributed by atoms with Gasteiger partial charge in [-0.3, -0.25) is 10.6 Å². The summed E-state index contributed by atoms with van der Waals surface area (Å²) in [6.07, 6.45) is 7.67. The number of carbonyl (C=O) groups is 1. The fourth-order valence-electron chi connectivity index (χ4n) is 3.93. The van der Waals surface area contributed by atoms with E-state index in [1.165, 1.54) is 6.42 Å². The predicted octanol–water partition coefficient (Wildman–Crippen LogP) is 0.756. The van der Waals surface area contributed by atoms with Crippen molar-refractivity contribution >= 4 is 6.03 Å². The fourth-order valence-corrected chi connectivity index (χ4v) is 3.93. The Morgan fingerprint density at radius 1 is 1.15 bits per heavy atom. The Labute approximate surface area is 164 Å². The van der Waals surface area contributed by atoms with Gasteiger partial charge in [-0.15, -0.1) is 0 Å². The monoisotopic (exact) mass is 384 g/mol. The van der Waals surface area contributed by atoms with Crippen LogP contribution in [-0.2, 0) is 4.74 Å². The average Bonchev–Trinajstić information content (AvgIpc) is 2.60. The van der Waals surface area contributed by atoms with E-state index in [0.717, 1.165) is 51.6 Å². The second kappa shape index (κ2) is 11.8. The summed E-state index contributed by atoms with van der Waals surface area (Å²) in [7, 11) is 5.96. The number of urea groups is 1. The Balaban J connectivity index is 1.67. The van der Waals surface area contributed by atoms with Crippen LogP contribution < -0.4 is 26.6 Å². The molecule has 8 nitrogen and oxygen atoms in total. The van der Waals surface area contributed by atoms with Crippen LogP contribution in [-0.4, -0.2) is 75.9 Å². The highest BCUT2D eigenvalue weighted by atomic mass is 16.5. The molecule has 1 aliphatic carbocycles. The minimum absolute atomic E-state index is 0.124. The van der Waals surface area contributed by atoms with E-state index >= 15 is 0 Å². The molecule has 0 bridgehead atoms. The predicted molar refractivity (Wildman–Crippen MR) is 108 cm³/mol. The summed E-state index contributed by atoms with van der Waals surface area (Å²) >= 11 is 0. The molecular formula is C19H40N6O2. The molecule has 1 heterocycles. The number of ether oxygens (including phenoxy) is 1. The molecular weight excluding hydrogens is 344 g/mol. The van der Waals surface area contributed by atoms with E-state index in [4.69, 9.17) is 4.74 Å². The normalized spacial score (nSPS) is 31.7. The number of amides is 2. The summed E-state index contributed by atoms with van der Waals surface area (Å²) in [5.41, 5.74) is 0. The van der Waals surface area contributed by atoms with E-state index in [2.05, 4.69) is 52.5 Å². The van der Waals surface area contributed by atoms with Crippen LogP contribution in [0.4, 0.5) is 4.79 Å². The lowest BCUT2D eigenvalue weighted by molar-refractivity contribution is 0.0601. The summed E-state index contributed by atoms with van der Waals surface area (Å²) in [6, 6.07) is 0.402. The molecule has 158 valence electrons. The van der Waals surface area contributed by atoms with Gasteiger partial charge in [0.05, 0.1) is 12.3 Å². The van der Waals surface area contributed by atoms with Crippen LogP contribution in [0.2, 0.25) is 0 Å². The molecule has 5 N–H and O–H groups in total. The molecule has 5 unspecified atom stereocenters. The molecule has 0 aromatic heterocycles. The smallest absolute Gasteiger partial charge is 0.317 e. The second-order valence-corrected chi connectivity index (χ2v) is 8.26. The van der Waals surface area contributed by atoms with E-state index in [0.29, 0.717) is 6.04 Å². The van der Waals surface area contributed by atoms with Gasteiger partial charge in [-0.05, 0) is 79.1 Å². The summed E-state index contributed by atoms with van der Waals surface area (Å²) < 4.78 is 5.44. The van der Waals surface area contributed by atoms with E-state index < -0.39 is 0 Å². The van der Waals surface area contributed by atoms with E-state index in [9.17, 15) is 4.79 Å². The van der Waals surface area contributed by atoms with E-state index in [1.807, 2.05) is 0 Å². The molecule has 2 aliphatic rings. The van der Waals surface area contributed by atoms with Crippen LogP contribution in [0, 0.1) is 0 Å². The van der Waals surface area contributed by atoms with Crippen LogP contribution in [0.25, 0.3) is 0 Å². The SMILES string of the molecule is COC1CCCC(NC(=O)NC2NC(C)CC(NCCCCN(C)C)N2)C1. The Morgan fingerprint density at radius 2 is 1.96 bits per heavy atom. The largest absolute Gasteiger partial charge is 0.381 e. The zero-order valence-electron chi connectivity index (χ0n) is 17.5. The van der Waals surface area contributed by atoms with Crippen molar-refractivity contribution in [1.29, 1.82) is 0 Å². The van der Waals surface area contributed by atoms with Gasteiger partial charge in [-0.1, -0.05) is 0 Å². The third kappa shape index (κ3) is 8.74. The van der Waals surface area contributed by atoms with Crippen LogP contribution in [0.5, 0.6) is 0 Å². The standard InChI is InChI=1S/C19H40N6O2/c1-14-12-17(20-10-5-6-11-25(2)3)23-18(21-14)24-19(26)22-15-8-7-9-16(13-15)27-4/h14-18,20-21,23H,5-13H2,1-4H3,(H2,22,24,26). The number of rotatable bonds is 9. The highest BCUT2D eigenvalue weighted by molar-refractivity contribution is 5.74. The second-order valence-electron chi connectivity index (χ2n) is 8.26. The first-order valence-corrected chi connectivity index (χ1v) is 10.5. The Kier molecular flexibility index (Phi) is 9.78. The Morgan fingerprint density at radius 3 is 2.70 bits per heavy atom. The van der Waals surface area contributed by atoms with Gasteiger partial charge in [0.1, 0.15) is 6.29 Å². The molecule has 0 radical (unpaired) electrons. The molecule has 2 rings (SSSR count). The third-order valence-corrected chi connectivity index (χ3v) is 5.40. The zero-order valence-corrected chi connectivity index (χ0v) is 17.5. The molecule has 0 aromatic rings. The number of hydrogen-bond donors (Lipinski definition) is 5. The van der Waals surface area contributed by atoms with Gasteiger partial charge in [0.25, 0.3) is 0 Å². The topological polar surface area (TPSA) is 89.7 Å². The molecule has 0 aromatic carbocycles. The minimum atomic E-state index is -0.227. The molecule has 27 heavy (non-hydrogen) atoms. The first-order chi connectivity index (χ1) is 13.0. The first-order valence-electron chi connectivity index (χ1n) is 10.5. The van der Waals surface area contributed by atoms with Crippen LogP contribution in [0.3, 0.4) is 0 Å². The van der Waals surface area contributed by atoms with Gasteiger partial charge in [-0.25, -0.2) is 4.79 Å². The van der Waals surface area contributed by atoms with E-state index in [1.54, 1.807) is 7.11 Å². The molecule has 1 aliphatic heterocycles. The maximum absolute atomic E-state index is 12.4. The number of hydrogen-bond acceptors (Lipinski definition) is 6. The molecule has 5 atom stereocenters. The quantitative estimate of drug-likeness (QED) is 0.377. The van der Waals surface area contributed by atoms with Gasteiger partial charge < -0.3 is 25.6 Å². The number of unbranched alkanes of at least 4 members (excludes halogenated alkanes) is 1. The lowest BCUT2D eigenvalue weighted by atomic mass is 9.93. The van der Waals surface area contributed by atoms with Gasteiger partial charge in [0.15, 0.2) is 0 Å². The van der Waals surface area contributed by atoms with Crippen molar-refractivity contribution in [1.82, 2.24) is 31.5 Å². The van der Waals surface area contributed by atoms with Gasteiger partial charge in [0.2, 0.25) is 0 Å². The summed E-state index contributed by atoms with van der Waals surface area (Å²) in [5, 5.41) is 16.5. The first kappa shape index (κ1) is 22.4. The van der Waals surface area contributed by atoms with E-state index in [-0.39, 0.29) is 30.6 Å². The maximum atomic E-state index is 12.4. The number of methoxy groups -OCH3 is 1. The Bertz CT molecular complexity index is 436. The number of nitrogens with zero attached hydrogens (tertiary/aromatic N) is 1. The molecule has 0 spiro atoms. The van der Waals surface area contributed by atoms with Crippen molar-refractivity contribution in [2.45, 2.75) is 82.5 Å². The molecule has 2 fully saturated rings. The summed E-state index contributed by atoms with van der Waals surface area (Å²) in [4.78, 5) is 14.6. The minimum Gasteiger partial charge on any atom is -0.381 e. The highest BCUT2D eigenvalue weighted by Crippen LogP contribution is 2.20. The maximum Gasteiger partial charge on any atom is 0.317 e. The van der Waals surface area contributed by atoms with Crippen LogP contribution in [0.1, 0.15) is 51.9 Å². The fraction of sp³-hybridized carbons (Fsp3) is 0.947. The van der Waals surface area contributed by atoms with Crippen molar-refractivity contribution in [2.75, 3.05) is 34.3 Å². The molecule has 2 amide bonds. The molecule has 1 saturated heterocycles. The van der Waals surface area contributed by atoms with Crippen molar-refractivity contribution < 1.29 is 9.53 Å². The number of nitrogens with one attached hydrogen (secondary N) is 5. The lowest BCUT2D eigenvalue weighted by Gasteiger charge is -2.37. The lowest BCUT2D eigenvalue weighted by Crippen LogP contribution is -2.68. The highest BCUT2D eigenvalue weighted by Gasteiger charge is 2.27. The van der Waals surface area contributed by atoms with Crippen molar-refractivity contribution in [3.63, 3.8) is 0 Å². The van der Waals surface area contributed by atoms with Gasteiger partial charge in [0, 0.05) is 19.2 Å². The van der Waals surface area contributed by atoms with Gasteiger partial charge in [-0.2, -0.15) is 0 Å². The van der Waals surface area contributed by atoms with Gasteiger partial charge >= 0.3 is 6.03 Å². The molecule has 8 heteroatoms. The Hall–Kier alpha value is -0.930. The third-order valence-electron chi connectivity index (χ3n) is 5.40. The van der Waals surface area contributed by atoms with Crippen molar-refractivity contribution in [2.24, 2.45) is 0 Å². The van der Waals surface area contributed by atoms with Crippen molar-refractivity contribution in [3.05, 3.63) is 0 Å². The molecule has 1 saturated carbocycles. The summed E-state index contributed by atoms with van der Waals surface area (Å²) in [5.74, 6) is 0. The summed E-state index contributed by atoms with van der Waals surface area (Å²) in [6.45, 7) is 4.25. The van der Waals surface area contributed by atoms with Crippen molar-refractivity contribution in [3.8, 4) is 0 Å². The zero-order chi connectivity index (χ0) is 19.6. The van der Waals surface area contributed by atoms with Crippen LogP contribution >= 0.6 is 0 Å².